The summed E-state index contributed by atoms with van der Waals surface area (Å²) in [5.74, 6) is 0.212. The van der Waals surface area contributed by atoms with Gasteiger partial charge in [0.25, 0.3) is 0 Å². The molecule has 3 rings (SSSR count). The van der Waals surface area contributed by atoms with Crippen molar-refractivity contribution in [1.82, 2.24) is 10.3 Å². The van der Waals surface area contributed by atoms with E-state index in [1.807, 2.05) is 6.07 Å². The monoisotopic (exact) mass is 278 g/mol. The molecule has 2 aromatic rings. The quantitative estimate of drug-likeness (QED) is 0.863. The predicted molar refractivity (Wildman–Crippen MR) is 77.0 cm³/mol. The first-order chi connectivity index (χ1) is 8.74. The third kappa shape index (κ3) is 2.77. The third-order valence-electron chi connectivity index (χ3n) is 3.39. The topological polar surface area (TPSA) is 24.9 Å². The molecule has 0 aliphatic carbocycles. The van der Waals surface area contributed by atoms with E-state index in [4.69, 9.17) is 4.98 Å². The zero-order valence-corrected chi connectivity index (χ0v) is 11.5. The smallest absolute Gasteiger partial charge is 0.123 e. The van der Waals surface area contributed by atoms with E-state index in [2.05, 4.69) is 18.3 Å². The average molecular weight is 279 g/mol. The minimum atomic E-state index is -0.214. The van der Waals surface area contributed by atoms with Crippen molar-refractivity contribution in [1.29, 1.82) is 0 Å². The Morgan fingerprint density at radius 1 is 1.16 bits per heavy atom. The third-order valence-corrected chi connectivity index (χ3v) is 3.39. The molecule has 1 aliphatic heterocycles. The second kappa shape index (κ2) is 5.68. The normalized spacial score (nSPS) is 17.5. The lowest BCUT2D eigenvalue weighted by atomic mass is 9.97. The molecule has 1 atom stereocenters. The maximum Gasteiger partial charge on any atom is 0.123 e. The molecule has 0 saturated carbocycles. The summed E-state index contributed by atoms with van der Waals surface area (Å²) < 4.78 is 12.9. The SMILES string of the molecule is CC1CNCc2ccc(-c3ccc(F)cc3)nc21.Cl. The fourth-order valence-corrected chi connectivity index (χ4v) is 2.38. The van der Waals surface area contributed by atoms with E-state index in [0.29, 0.717) is 5.92 Å². The first-order valence-electron chi connectivity index (χ1n) is 6.20. The highest BCUT2D eigenvalue weighted by molar-refractivity contribution is 5.85. The van der Waals surface area contributed by atoms with E-state index in [0.717, 1.165) is 30.0 Å². The second-order valence-electron chi connectivity index (χ2n) is 4.78. The maximum absolute atomic E-state index is 12.9. The van der Waals surface area contributed by atoms with Crippen LogP contribution in [-0.2, 0) is 6.54 Å². The zero-order valence-electron chi connectivity index (χ0n) is 10.7. The summed E-state index contributed by atoms with van der Waals surface area (Å²) in [6.07, 6.45) is 0. The highest BCUT2D eigenvalue weighted by Crippen LogP contribution is 2.25. The predicted octanol–water partition coefficient (Wildman–Crippen LogP) is 3.52. The minimum Gasteiger partial charge on any atom is -0.312 e. The first-order valence-corrected chi connectivity index (χ1v) is 6.20. The lowest BCUT2D eigenvalue weighted by Gasteiger charge is -2.22. The van der Waals surface area contributed by atoms with Crippen molar-refractivity contribution in [2.24, 2.45) is 0 Å². The molecule has 19 heavy (non-hydrogen) atoms. The van der Waals surface area contributed by atoms with E-state index in [9.17, 15) is 4.39 Å². The molecule has 0 spiro atoms. The Hall–Kier alpha value is -1.45. The van der Waals surface area contributed by atoms with Gasteiger partial charge in [0.2, 0.25) is 0 Å². The van der Waals surface area contributed by atoms with E-state index >= 15 is 0 Å². The first kappa shape index (κ1) is 14.0. The van der Waals surface area contributed by atoms with Gasteiger partial charge in [-0.05, 0) is 35.9 Å². The molecule has 1 unspecified atom stereocenters. The van der Waals surface area contributed by atoms with Crippen LogP contribution in [0.15, 0.2) is 36.4 Å². The number of hydrogen-bond acceptors (Lipinski definition) is 2. The van der Waals surface area contributed by atoms with Gasteiger partial charge in [-0.25, -0.2) is 4.39 Å². The Morgan fingerprint density at radius 3 is 2.63 bits per heavy atom. The van der Waals surface area contributed by atoms with Gasteiger partial charge in [-0.2, -0.15) is 0 Å². The Morgan fingerprint density at radius 2 is 1.89 bits per heavy atom. The van der Waals surface area contributed by atoms with E-state index < -0.39 is 0 Å². The van der Waals surface area contributed by atoms with Crippen molar-refractivity contribution in [3.05, 3.63) is 53.5 Å². The number of rotatable bonds is 1. The lowest BCUT2D eigenvalue weighted by Crippen LogP contribution is -2.27. The number of fused-ring (bicyclic) bond motifs is 1. The van der Waals surface area contributed by atoms with Gasteiger partial charge in [0.1, 0.15) is 5.82 Å². The van der Waals surface area contributed by atoms with Gasteiger partial charge in [-0.1, -0.05) is 13.0 Å². The Balaban J connectivity index is 0.00000133. The van der Waals surface area contributed by atoms with E-state index in [1.54, 1.807) is 12.1 Å². The molecule has 0 bridgehead atoms. The summed E-state index contributed by atoms with van der Waals surface area (Å²) >= 11 is 0. The molecule has 0 saturated heterocycles. The summed E-state index contributed by atoms with van der Waals surface area (Å²) in [6, 6.07) is 10.6. The van der Waals surface area contributed by atoms with Crippen molar-refractivity contribution in [3.63, 3.8) is 0 Å². The summed E-state index contributed by atoms with van der Waals surface area (Å²) in [7, 11) is 0. The zero-order chi connectivity index (χ0) is 12.5. The van der Waals surface area contributed by atoms with Crippen LogP contribution in [0, 0.1) is 5.82 Å². The van der Waals surface area contributed by atoms with Gasteiger partial charge in [-0.15, -0.1) is 12.4 Å². The molecule has 0 fully saturated rings. The Bertz CT molecular complexity index is 569. The Kier molecular flexibility index (Phi) is 4.17. The van der Waals surface area contributed by atoms with Crippen molar-refractivity contribution in [3.8, 4) is 11.3 Å². The highest BCUT2D eigenvalue weighted by atomic mass is 35.5. The van der Waals surface area contributed by atoms with Crippen molar-refractivity contribution in [2.45, 2.75) is 19.4 Å². The molecule has 1 aromatic carbocycles. The second-order valence-corrected chi connectivity index (χ2v) is 4.78. The standard InChI is InChI=1S/C15H15FN2.ClH/c1-10-8-17-9-12-4-7-14(18-15(10)12)11-2-5-13(16)6-3-11;/h2-7,10,17H,8-9H2,1H3;1H. The van der Waals surface area contributed by atoms with E-state index in [-0.39, 0.29) is 18.2 Å². The van der Waals surface area contributed by atoms with Crippen LogP contribution >= 0.6 is 12.4 Å². The van der Waals surface area contributed by atoms with Crippen LogP contribution in [0.25, 0.3) is 11.3 Å². The van der Waals surface area contributed by atoms with Gasteiger partial charge >= 0.3 is 0 Å². The van der Waals surface area contributed by atoms with Crippen molar-refractivity contribution >= 4 is 12.4 Å². The van der Waals surface area contributed by atoms with Gasteiger partial charge in [0.05, 0.1) is 5.69 Å². The molecule has 0 amide bonds. The number of nitrogens with zero attached hydrogens (tertiary/aromatic N) is 1. The van der Waals surface area contributed by atoms with Crippen LogP contribution in [0.5, 0.6) is 0 Å². The lowest BCUT2D eigenvalue weighted by molar-refractivity contribution is 0.557. The molecule has 2 nitrogen and oxygen atoms in total. The number of benzene rings is 1. The van der Waals surface area contributed by atoms with Gasteiger partial charge in [0, 0.05) is 30.3 Å². The van der Waals surface area contributed by atoms with Gasteiger partial charge in [-0.3, -0.25) is 4.98 Å². The van der Waals surface area contributed by atoms with Crippen LogP contribution in [0.4, 0.5) is 4.39 Å². The van der Waals surface area contributed by atoms with Gasteiger partial charge in [0.15, 0.2) is 0 Å². The minimum absolute atomic E-state index is 0. The van der Waals surface area contributed by atoms with Crippen molar-refractivity contribution in [2.75, 3.05) is 6.54 Å². The average Bonchev–Trinajstić information content (AvgIpc) is 2.40. The van der Waals surface area contributed by atoms with Crippen LogP contribution in [-0.4, -0.2) is 11.5 Å². The number of hydrogen-bond donors (Lipinski definition) is 1. The summed E-state index contributed by atoms with van der Waals surface area (Å²) in [5, 5.41) is 3.37. The van der Waals surface area contributed by atoms with Gasteiger partial charge < -0.3 is 5.32 Å². The highest BCUT2D eigenvalue weighted by Gasteiger charge is 2.17. The largest absolute Gasteiger partial charge is 0.312 e. The fraction of sp³-hybridized carbons (Fsp3) is 0.267. The van der Waals surface area contributed by atoms with Crippen molar-refractivity contribution < 1.29 is 4.39 Å². The molecule has 2 heterocycles. The maximum atomic E-state index is 12.9. The molecule has 1 aromatic heterocycles. The molecular formula is C15H16ClFN2. The van der Waals surface area contributed by atoms with E-state index in [1.165, 1.54) is 17.7 Å². The number of pyridine rings is 1. The summed E-state index contributed by atoms with van der Waals surface area (Å²) in [6.45, 7) is 4.02. The summed E-state index contributed by atoms with van der Waals surface area (Å²) in [4.78, 5) is 4.73. The molecule has 1 aliphatic rings. The summed E-state index contributed by atoms with van der Waals surface area (Å²) in [5.41, 5.74) is 4.31. The van der Waals surface area contributed by atoms with Crippen LogP contribution in [0.2, 0.25) is 0 Å². The number of nitrogens with one attached hydrogen (secondary N) is 1. The molecule has 0 radical (unpaired) electrons. The Labute approximate surface area is 118 Å². The molecule has 100 valence electrons. The number of halogens is 2. The number of aromatic nitrogens is 1. The molecule has 1 N–H and O–H groups in total. The fourth-order valence-electron chi connectivity index (χ4n) is 2.38. The van der Waals surface area contributed by atoms with Crippen LogP contribution in [0.3, 0.4) is 0 Å². The molecule has 4 heteroatoms. The van der Waals surface area contributed by atoms with Crippen LogP contribution in [0.1, 0.15) is 24.1 Å². The van der Waals surface area contributed by atoms with Crippen LogP contribution < -0.4 is 5.32 Å². The molecular weight excluding hydrogens is 263 g/mol.